The van der Waals surface area contributed by atoms with E-state index in [0.717, 1.165) is 0 Å². The topological polar surface area (TPSA) is 65.7 Å². The average Bonchev–Trinajstić information content (AvgIpc) is 2.95. The van der Waals surface area contributed by atoms with Crippen molar-refractivity contribution in [2.24, 2.45) is 5.41 Å². The molecule has 27 heavy (non-hydrogen) atoms. The van der Waals surface area contributed by atoms with Gasteiger partial charge < -0.3 is 23.7 Å². The number of nitrogens with zero attached hydrogens (tertiary/aromatic N) is 2. The molecule has 1 N–H and O–H groups in total. The van der Waals surface area contributed by atoms with Crippen molar-refractivity contribution in [3.05, 3.63) is 18.5 Å². The van der Waals surface area contributed by atoms with Gasteiger partial charge in [0.15, 0.2) is 5.75 Å². The molecule has 1 aliphatic heterocycles. The molecule has 2 fully saturated rings. The molecule has 0 spiro atoms. The molecule has 0 unspecified atom stereocenters. The first-order valence-electron chi connectivity index (χ1n) is 9.04. The van der Waals surface area contributed by atoms with Crippen LogP contribution in [0.1, 0.15) is 39.7 Å². The quantitative estimate of drug-likeness (QED) is 0.826. The summed E-state index contributed by atoms with van der Waals surface area (Å²) in [5.41, 5.74) is 0.801. The minimum absolute atomic E-state index is 0.00106. The smallest absolute Gasteiger partial charge is 0.433 e. The molecule has 9 heteroatoms. The van der Waals surface area contributed by atoms with Crippen LogP contribution in [0.3, 0.4) is 0 Å². The molecular weight excluding hydrogens is 357 g/mol. The van der Waals surface area contributed by atoms with E-state index in [0.29, 0.717) is 42.6 Å². The summed E-state index contributed by atoms with van der Waals surface area (Å²) in [6.07, 6.45) is 2.69. The van der Waals surface area contributed by atoms with Crippen LogP contribution in [0.15, 0.2) is 18.5 Å². The van der Waals surface area contributed by atoms with Gasteiger partial charge in [0.05, 0.1) is 17.4 Å². The second kappa shape index (κ2) is 6.43. The van der Waals surface area contributed by atoms with Gasteiger partial charge in [0.25, 0.3) is 0 Å². The predicted molar refractivity (Wildman–Crippen MR) is 96.3 cm³/mol. The third kappa shape index (κ3) is 3.68. The van der Waals surface area contributed by atoms with Gasteiger partial charge >= 0.3 is 13.7 Å². The van der Waals surface area contributed by atoms with Crippen LogP contribution in [0, 0.1) is 5.41 Å². The number of benzene rings is 1. The zero-order valence-corrected chi connectivity index (χ0v) is 15.6. The fraction of sp³-hybridized carbons (Fsp3) is 0.611. The molecule has 2 aromatic rings. The number of rotatable bonds is 4. The highest BCUT2D eigenvalue weighted by molar-refractivity contribution is 6.61. The molecule has 1 saturated heterocycles. The minimum Gasteiger partial charge on any atom is -0.433 e. The Balaban J connectivity index is 1.69. The summed E-state index contributed by atoms with van der Waals surface area (Å²) in [7, 11) is -0.642. The standard InChI is InChI=1S/C18H23BF2N2O4/c1-17(2)8-25-19(26-9-17)11-4-13-15(14(5-11)27-16(20)21)23(10-22-13)12-6-18(3,24)7-12/h4-5,10,12,16,24H,6-9H2,1-3H3/t12-,18+. The highest BCUT2D eigenvalue weighted by Crippen LogP contribution is 2.43. The van der Waals surface area contributed by atoms with Crippen LogP contribution in [0.25, 0.3) is 11.0 Å². The normalized spacial score (nSPS) is 27.8. The summed E-state index contributed by atoms with van der Waals surface area (Å²) in [4.78, 5) is 4.37. The van der Waals surface area contributed by atoms with Crippen molar-refractivity contribution in [1.82, 2.24) is 9.55 Å². The van der Waals surface area contributed by atoms with Gasteiger partial charge in [-0.15, -0.1) is 0 Å². The first kappa shape index (κ1) is 18.6. The van der Waals surface area contributed by atoms with Crippen molar-refractivity contribution in [2.75, 3.05) is 13.2 Å². The molecule has 1 saturated carbocycles. The summed E-state index contributed by atoms with van der Waals surface area (Å²) < 4.78 is 44.2. The van der Waals surface area contributed by atoms with E-state index in [9.17, 15) is 13.9 Å². The third-order valence-electron chi connectivity index (χ3n) is 5.14. The van der Waals surface area contributed by atoms with Crippen molar-refractivity contribution in [2.45, 2.75) is 51.9 Å². The van der Waals surface area contributed by atoms with Crippen molar-refractivity contribution in [3.8, 4) is 5.75 Å². The number of aliphatic hydroxyl groups is 1. The van der Waals surface area contributed by atoms with E-state index in [-0.39, 0.29) is 17.2 Å². The van der Waals surface area contributed by atoms with Crippen LogP contribution in [0.4, 0.5) is 8.78 Å². The molecule has 2 heterocycles. The summed E-state index contributed by atoms with van der Waals surface area (Å²) in [6.45, 7) is 3.89. The number of hydrogen-bond acceptors (Lipinski definition) is 5. The average molecular weight is 380 g/mol. The fourth-order valence-corrected chi connectivity index (χ4v) is 3.79. The second-order valence-corrected chi connectivity index (χ2v) is 8.59. The number of aromatic nitrogens is 2. The molecule has 0 atom stereocenters. The Morgan fingerprint density at radius 2 is 1.93 bits per heavy atom. The summed E-state index contributed by atoms with van der Waals surface area (Å²) >= 11 is 0. The van der Waals surface area contributed by atoms with E-state index in [1.165, 1.54) is 6.07 Å². The highest BCUT2D eigenvalue weighted by Gasteiger charge is 2.41. The Labute approximate surface area is 156 Å². The summed E-state index contributed by atoms with van der Waals surface area (Å²) in [5, 5.41) is 10.0. The van der Waals surface area contributed by atoms with Gasteiger partial charge in [0.2, 0.25) is 0 Å². The maximum Gasteiger partial charge on any atom is 0.494 e. The molecule has 0 radical (unpaired) electrons. The predicted octanol–water partition coefficient (Wildman–Crippen LogP) is 2.49. The molecule has 1 aromatic heterocycles. The van der Waals surface area contributed by atoms with Gasteiger partial charge in [-0.2, -0.15) is 8.78 Å². The van der Waals surface area contributed by atoms with Crippen LogP contribution >= 0.6 is 0 Å². The third-order valence-corrected chi connectivity index (χ3v) is 5.14. The van der Waals surface area contributed by atoms with Crippen molar-refractivity contribution < 1.29 is 27.9 Å². The SMILES string of the molecule is CC1(C)COB(c2cc(OC(F)F)c3c(c2)ncn3[C@H]2C[C@@](C)(O)C2)OC1. The van der Waals surface area contributed by atoms with Crippen LogP contribution in [-0.2, 0) is 9.31 Å². The zero-order chi connectivity index (χ0) is 19.4. The lowest BCUT2D eigenvalue weighted by atomic mass is 9.75. The molecule has 1 aliphatic carbocycles. The Bertz CT molecular complexity index is 837. The van der Waals surface area contributed by atoms with Gasteiger partial charge in [-0.3, -0.25) is 0 Å². The molecular formula is C18H23BF2N2O4. The Morgan fingerprint density at radius 3 is 2.52 bits per heavy atom. The number of fused-ring (bicyclic) bond motifs is 1. The number of alkyl halides is 2. The maximum atomic E-state index is 13.0. The van der Waals surface area contributed by atoms with Gasteiger partial charge in [0, 0.05) is 24.7 Å². The van der Waals surface area contributed by atoms with Crippen LogP contribution in [0.5, 0.6) is 5.75 Å². The van der Waals surface area contributed by atoms with Crippen LogP contribution < -0.4 is 10.2 Å². The Morgan fingerprint density at radius 1 is 1.26 bits per heavy atom. The summed E-state index contributed by atoms with van der Waals surface area (Å²) in [5.74, 6) is 0.0403. The monoisotopic (exact) mass is 380 g/mol. The highest BCUT2D eigenvalue weighted by atomic mass is 19.3. The zero-order valence-electron chi connectivity index (χ0n) is 15.6. The molecule has 146 valence electrons. The van der Waals surface area contributed by atoms with E-state index >= 15 is 0 Å². The van der Waals surface area contributed by atoms with Crippen molar-refractivity contribution >= 4 is 23.6 Å². The Hall–Kier alpha value is -1.71. The number of hydrogen-bond donors (Lipinski definition) is 1. The molecule has 6 nitrogen and oxygen atoms in total. The molecule has 1 aromatic carbocycles. The van der Waals surface area contributed by atoms with Gasteiger partial charge in [-0.05, 0) is 37.4 Å². The first-order chi connectivity index (χ1) is 12.6. The number of ether oxygens (including phenoxy) is 1. The van der Waals surface area contributed by atoms with Crippen molar-refractivity contribution in [1.29, 1.82) is 0 Å². The van der Waals surface area contributed by atoms with E-state index in [4.69, 9.17) is 14.0 Å². The maximum absolute atomic E-state index is 13.0. The van der Waals surface area contributed by atoms with Gasteiger partial charge in [0.1, 0.15) is 5.52 Å². The number of halogens is 2. The van der Waals surface area contributed by atoms with Crippen LogP contribution in [0.2, 0.25) is 0 Å². The fourth-order valence-electron chi connectivity index (χ4n) is 3.79. The Kier molecular flexibility index (Phi) is 4.44. The lowest BCUT2D eigenvalue weighted by Gasteiger charge is -2.41. The molecule has 0 amide bonds. The van der Waals surface area contributed by atoms with E-state index in [1.54, 1.807) is 23.9 Å². The first-order valence-corrected chi connectivity index (χ1v) is 9.04. The van der Waals surface area contributed by atoms with Gasteiger partial charge in [-0.25, -0.2) is 4.98 Å². The number of imidazole rings is 1. The lowest BCUT2D eigenvalue weighted by molar-refractivity contribution is -0.0539. The van der Waals surface area contributed by atoms with Crippen LogP contribution in [-0.4, -0.2) is 47.2 Å². The summed E-state index contributed by atoms with van der Waals surface area (Å²) in [6, 6.07) is 3.31. The van der Waals surface area contributed by atoms with E-state index in [2.05, 4.69) is 4.98 Å². The largest absolute Gasteiger partial charge is 0.494 e. The molecule has 4 rings (SSSR count). The molecule has 0 bridgehead atoms. The second-order valence-electron chi connectivity index (χ2n) is 8.59. The van der Waals surface area contributed by atoms with E-state index < -0.39 is 19.3 Å². The minimum atomic E-state index is -2.96. The molecule has 2 aliphatic rings. The van der Waals surface area contributed by atoms with Crippen molar-refractivity contribution in [3.63, 3.8) is 0 Å². The van der Waals surface area contributed by atoms with E-state index in [1.807, 2.05) is 13.8 Å². The lowest BCUT2D eigenvalue weighted by Crippen LogP contribution is -2.47. The van der Waals surface area contributed by atoms with Gasteiger partial charge in [-0.1, -0.05) is 13.8 Å².